The maximum absolute atomic E-state index is 6.89. The van der Waals surface area contributed by atoms with E-state index >= 15 is 0 Å². The second kappa shape index (κ2) is 16.5. The predicted octanol–water partition coefficient (Wildman–Crippen LogP) is 19.0. The lowest BCUT2D eigenvalue weighted by Crippen LogP contribution is -2.22. The second-order valence-corrected chi connectivity index (χ2v) is 19.9. The minimum atomic E-state index is -0.113. The van der Waals surface area contributed by atoms with E-state index in [2.05, 4.69) is 282 Å². The Morgan fingerprint density at radius 3 is 1.76 bits per heavy atom. The van der Waals surface area contributed by atoms with E-state index in [4.69, 9.17) is 4.42 Å². The number of fused-ring (bicyclic) bond motifs is 11. The van der Waals surface area contributed by atoms with Crippen molar-refractivity contribution in [3.05, 3.63) is 254 Å². The zero-order valence-electron chi connectivity index (χ0n) is 39.0. The van der Waals surface area contributed by atoms with E-state index in [1.54, 1.807) is 0 Å². The van der Waals surface area contributed by atoms with Gasteiger partial charge < -0.3 is 13.9 Å². The van der Waals surface area contributed by atoms with Gasteiger partial charge in [-0.05, 0) is 133 Å². The van der Waals surface area contributed by atoms with Crippen LogP contribution >= 0.6 is 22.6 Å². The van der Waals surface area contributed by atoms with Gasteiger partial charge in [0, 0.05) is 48.4 Å². The molecule has 0 spiro atoms. The first-order chi connectivity index (χ1) is 35.0. The average Bonchev–Trinajstić information content (AvgIpc) is 4.08. The summed E-state index contributed by atoms with van der Waals surface area (Å²) >= 11 is 2.57. The molecule has 0 amide bonds. The van der Waals surface area contributed by atoms with E-state index in [9.17, 15) is 0 Å². The number of benzene rings is 11. The Labute approximate surface area is 426 Å². The van der Waals surface area contributed by atoms with E-state index in [0.29, 0.717) is 0 Å². The molecule has 0 aliphatic heterocycles. The van der Waals surface area contributed by atoms with Crippen molar-refractivity contribution in [1.29, 1.82) is 0 Å². The van der Waals surface area contributed by atoms with Crippen molar-refractivity contribution < 1.29 is 4.42 Å². The molecule has 0 fully saturated rings. The van der Waals surface area contributed by atoms with Crippen LogP contribution in [0.25, 0.3) is 105 Å². The molecule has 2 aromatic heterocycles. The zero-order chi connectivity index (χ0) is 47.2. The Morgan fingerprint density at radius 2 is 1.01 bits per heavy atom. The van der Waals surface area contributed by atoms with Gasteiger partial charge in [0.15, 0.2) is 5.58 Å². The summed E-state index contributed by atoms with van der Waals surface area (Å²) in [6, 6.07) is 88.6. The number of aromatic nitrogens is 1. The highest BCUT2D eigenvalue weighted by Crippen LogP contribution is 2.52. The van der Waals surface area contributed by atoms with Gasteiger partial charge in [-0.25, -0.2) is 0 Å². The Kier molecular flexibility index (Phi) is 9.68. The number of furan rings is 1. The summed E-state index contributed by atoms with van der Waals surface area (Å²) in [5.74, 6) is 0. The fourth-order valence-corrected chi connectivity index (χ4v) is 12.4. The monoisotopic (exact) mass is 1020 g/mol. The normalized spacial score (nSPS) is 14.2. The Morgan fingerprint density at radius 1 is 0.437 bits per heavy atom. The molecule has 1 aliphatic rings. The van der Waals surface area contributed by atoms with Crippen LogP contribution in [0.1, 0.15) is 18.1 Å². The molecule has 0 saturated carbocycles. The van der Waals surface area contributed by atoms with Crippen LogP contribution in [-0.4, -0.2) is 8.99 Å². The Balaban J connectivity index is 0.799. The van der Waals surface area contributed by atoms with Crippen LogP contribution < -0.4 is 4.90 Å². The first-order valence-electron chi connectivity index (χ1n) is 24.4. The van der Waals surface area contributed by atoms with Crippen LogP contribution in [-0.2, 0) is 5.41 Å². The Hall–Kier alpha value is -8.19. The average molecular weight is 1020 g/mol. The lowest BCUT2D eigenvalue weighted by atomic mass is 9.82. The van der Waals surface area contributed by atoms with E-state index in [1.807, 2.05) is 0 Å². The van der Waals surface area contributed by atoms with E-state index in [1.165, 1.54) is 88.3 Å². The number of hydrogen-bond donors (Lipinski definition) is 0. The van der Waals surface area contributed by atoms with Gasteiger partial charge in [0.1, 0.15) is 5.58 Å². The number of rotatable bonds is 8. The molecule has 0 saturated heterocycles. The van der Waals surface area contributed by atoms with E-state index in [0.717, 1.165) is 49.0 Å². The molecule has 336 valence electrons. The molecule has 11 aromatic carbocycles. The minimum absolute atomic E-state index is 0.113. The van der Waals surface area contributed by atoms with Gasteiger partial charge in [0.25, 0.3) is 0 Å². The van der Waals surface area contributed by atoms with Crippen molar-refractivity contribution in [3.63, 3.8) is 0 Å². The third-order valence-electron chi connectivity index (χ3n) is 15.1. The quantitative estimate of drug-likeness (QED) is 0.112. The number of halogens is 1. The molecule has 1 atom stereocenters. The van der Waals surface area contributed by atoms with Crippen LogP contribution in [0.15, 0.2) is 247 Å². The van der Waals surface area contributed by atoms with Crippen molar-refractivity contribution in [2.45, 2.75) is 12.3 Å². The molecule has 0 radical (unpaired) electrons. The van der Waals surface area contributed by atoms with Gasteiger partial charge in [-0.2, -0.15) is 0 Å². The Bertz CT molecular complexity index is 4210. The SMILES string of the molecule is CC1(CI)c2ccccc2-c2ccc(N(c3ccc(-c4ccc(-c5ccc(-c6ccc7c(c6)c6ccccc6n7-c6ccccc6)cc5)cc4)cc3)c3cccc4c3oc3ccc5ccccc5c34)cc21. The van der Waals surface area contributed by atoms with Gasteiger partial charge in [-0.15, -0.1) is 0 Å². The van der Waals surface area contributed by atoms with E-state index < -0.39 is 0 Å². The van der Waals surface area contributed by atoms with Gasteiger partial charge in [-0.1, -0.05) is 205 Å². The van der Waals surface area contributed by atoms with E-state index in [-0.39, 0.29) is 5.41 Å². The fraction of sp³-hybridized carbons (Fsp3) is 0.0448. The topological polar surface area (TPSA) is 21.3 Å². The molecule has 71 heavy (non-hydrogen) atoms. The van der Waals surface area contributed by atoms with Crippen LogP contribution in [0.4, 0.5) is 17.1 Å². The predicted molar refractivity (Wildman–Crippen MR) is 307 cm³/mol. The number of anilines is 3. The number of para-hydroxylation sites is 3. The smallest absolute Gasteiger partial charge is 0.159 e. The summed E-state index contributed by atoms with van der Waals surface area (Å²) in [6.07, 6.45) is 0. The third kappa shape index (κ3) is 6.62. The third-order valence-corrected chi connectivity index (χ3v) is 16.6. The molecule has 3 nitrogen and oxygen atoms in total. The number of hydrogen-bond acceptors (Lipinski definition) is 2. The van der Waals surface area contributed by atoms with Gasteiger partial charge in [-0.3, -0.25) is 0 Å². The van der Waals surface area contributed by atoms with Gasteiger partial charge >= 0.3 is 0 Å². The highest BCUT2D eigenvalue weighted by molar-refractivity contribution is 14.1. The van der Waals surface area contributed by atoms with Gasteiger partial charge in [0.2, 0.25) is 0 Å². The highest BCUT2D eigenvalue weighted by Gasteiger charge is 2.39. The van der Waals surface area contributed by atoms with Crippen molar-refractivity contribution in [3.8, 4) is 50.2 Å². The molecule has 1 aliphatic carbocycles. The summed E-state index contributed by atoms with van der Waals surface area (Å²) in [6.45, 7) is 2.40. The number of nitrogens with zero attached hydrogens (tertiary/aromatic N) is 2. The van der Waals surface area contributed by atoms with Crippen molar-refractivity contribution in [2.24, 2.45) is 0 Å². The van der Waals surface area contributed by atoms with Crippen molar-refractivity contribution in [1.82, 2.24) is 4.57 Å². The molecule has 2 heterocycles. The first kappa shape index (κ1) is 41.8. The summed E-state index contributed by atoms with van der Waals surface area (Å²) in [5, 5.41) is 7.19. The molecule has 0 bridgehead atoms. The lowest BCUT2D eigenvalue weighted by molar-refractivity contribution is 0.669. The molecule has 13 aromatic rings. The molecule has 1 unspecified atom stereocenters. The molecular formula is C67H45IN2O. The summed E-state index contributed by atoms with van der Waals surface area (Å²) < 4.78 is 10.2. The number of alkyl halides is 1. The summed E-state index contributed by atoms with van der Waals surface area (Å²) in [7, 11) is 0. The largest absolute Gasteiger partial charge is 0.454 e. The molecular weight excluding hydrogens is 976 g/mol. The minimum Gasteiger partial charge on any atom is -0.454 e. The second-order valence-electron chi connectivity index (χ2n) is 19.1. The van der Waals surface area contributed by atoms with Crippen LogP contribution in [0.2, 0.25) is 0 Å². The standard InChI is InChI=1S/C67H45IN2O/c1-67(42-68)59-19-9-7-16-54(59)55-37-36-52(41-60(55)67)69(63-21-11-18-57-65-53-15-6-5-12-48(53)33-39-64(65)71-66(57)63)51-34-30-46(31-35-51)45-24-22-43(23-25-45)44-26-28-47(29-27-44)49-32-38-62-58(40-49)56-17-8-10-20-61(56)70(62)50-13-3-2-4-14-50/h2-41H,42H2,1H3. The molecule has 4 heteroatoms. The maximum Gasteiger partial charge on any atom is 0.159 e. The molecule has 0 N–H and O–H groups in total. The van der Waals surface area contributed by atoms with Crippen molar-refractivity contribution in [2.75, 3.05) is 9.33 Å². The molecule has 14 rings (SSSR count). The zero-order valence-corrected chi connectivity index (χ0v) is 41.1. The van der Waals surface area contributed by atoms with Crippen LogP contribution in [0, 0.1) is 0 Å². The van der Waals surface area contributed by atoms with Gasteiger partial charge in [0.05, 0.1) is 16.7 Å². The first-order valence-corrected chi connectivity index (χ1v) is 25.9. The summed E-state index contributed by atoms with van der Waals surface area (Å²) in [5.41, 5.74) is 20.9. The lowest BCUT2D eigenvalue weighted by Gasteiger charge is -2.29. The van der Waals surface area contributed by atoms with Crippen LogP contribution in [0.3, 0.4) is 0 Å². The fourth-order valence-electron chi connectivity index (χ4n) is 11.5. The van der Waals surface area contributed by atoms with Crippen molar-refractivity contribution >= 4 is 94.2 Å². The summed E-state index contributed by atoms with van der Waals surface area (Å²) in [4.78, 5) is 2.39. The highest BCUT2D eigenvalue weighted by atomic mass is 127. The maximum atomic E-state index is 6.89. The van der Waals surface area contributed by atoms with Crippen LogP contribution in [0.5, 0.6) is 0 Å².